The molecular formula is C12H15NO5S. The quantitative estimate of drug-likeness (QED) is 0.453. The third-order valence-electron chi connectivity index (χ3n) is 2.40. The van der Waals surface area contributed by atoms with Crippen LogP contribution in [0.4, 0.5) is 5.69 Å². The van der Waals surface area contributed by atoms with Crippen LogP contribution in [-0.4, -0.2) is 27.0 Å². The van der Waals surface area contributed by atoms with Gasteiger partial charge in [-0.1, -0.05) is 12.1 Å². The number of benzene rings is 1. The van der Waals surface area contributed by atoms with Crippen molar-refractivity contribution >= 4 is 22.5 Å². The summed E-state index contributed by atoms with van der Waals surface area (Å²) in [5.74, 6) is -0.457. The molecule has 0 fully saturated rings. The molecule has 104 valence electrons. The van der Waals surface area contributed by atoms with Crippen molar-refractivity contribution in [3.8, 4) is 0 Å². The maximum Gasteiger partial charge on any atom is 0.306 e. The molecule has 0 radical (unpaired) electrons. The molecule has 6 nitrogen and oxygen atoms in total. The Morgan fingerprint density at radius 2 is 2.11 bits per heavy atom. The van der Waals surface area contributed by atoms with Crippen molar-refractivity contribution in [1.82, 2.24) is 0 Å². The lowest BCUT2D eigenvalue weighted by atomic mass is 10.3. The van der Waals surface area contributed by atoms with Crippen LogP contribution in [0.25, 0.3) is 0 Å². The summed E-state index contributed by atoms with van der Waals surface area (Å²) in [5.41, 5.74) is -0.198. The van der Waals surface area contributed by atoms with Gasteiger partial charge in [0.05, 0.1) is 28.8 Å². The monoisotopic (exact) mass is 285 g/mol. The Hall–Kier alpha value is -1.76. The summed E-state index contributed by atoms with van der Waals surface area (Å²) in [6, 6.07) is 5.83. The molecule has 0 amide bonds. The van der Waals surface area contributed by atoms with E-state index in [0.717, 1.165) is 0 Å². The second kappa shape index (κ2) is 6.98. The Morgan fingerprint density at radius 3 is 2.68 bits per heavy atom. The highest BCUT2D eigenvalue weighted by atomic mass is 32.2. The van der Waals surface area contributed by atoms with Gasteiger partial charge in [-0.15, -0.1) is 0 Å². The fourth-order valence-electron chi connectivity index (χ4n) is 1.53. The van der Waals surface area contributed by atoms with Gasteiger partial charge in [0, 0.05) is 11.3 Å². The second-order valence-corrected chi connectivity index (χ2v) is 5.68. The van der Waals surface area contributed by atoms with Crippen LogP contribution < -0.4 is 0 Å². The van der Waals surface area contributed by atoms with E-state index < -0.39 is 26.9 Å². The molecular weight excluding hydrogens is 270 g/mol. The summed E-state index contributed by atoms with van der Waals surface area (Å²) in [5, 5.41) is 10.3. The highest BCUT2D eigenvalue weighted by Gasteiger charge is 2.24. The van der Waals surface area contributed by atoms with Crippen LogP contribution in [0.2, 0.25) is 0 Å². The third kappa shape index (κ3) is 4.13. The van der Waals surface area contributed by atoms with E-state index in [-0.39, 0.29) is 23.6 Å². The van der Waals surface area contributed by atoms with Crippen molar-refractivity contribution < 1.29 is 18.7 Å². The molecule has 2 unspecified atom stereocenters. The van der Waals surface area contributed by atoms with Crippen molar-refractivity contribution in [2.75, 3.05) is 6.61 Å². The smallest absolute Gasteiger partial charge is 0.306 e. The van der Waals surface area contributed by atoms with Crippen molar-refractivity contribution in [1.29, 1.82) is 0 Å². The topological polar surface area (TPSA) is 86.5 Å². The second-order valence-electron chi connectivity index (χ2n) is 3.84. The van der Waals surface area contributed by atoms with Gasteiger partial charge in [0.1, 0.15) is 4.90 Å². The minimum absolute atomic E-state index is 0.0352. The molecule has 0 saturated heterocycles. The van der Waals surface area contributed by atoms with Crippen LogP contribution in [0.5, 0.6) is 0 Å². The SMILES string of the molecule is CCOC(=O)CC(C)S(=O)c1ccccc1[N+](=O)[O-]. The number of nitrogens with zero attached hydrogens (tertiary/aromatic N) is 1. The predicted molar refractivity (Wildman–Crippen MR) is 70.2 cm³/mol. The number of nitro benzene ring substituents is 1. The van der Waals surface area contributed by atoms with Crippen molar-refractivity contribution in [2.24, 2.45) is 0 Å². The lowest BCUT2D eigenvalue weighted by molar-refractivity contribution is -0.387. The number of ether oxygens (including phenoxy) is 1. The number of carbonyl (C=O) groups is 1. The summed E-state index contributed by atoms with van der Waals surface area (Å²) in [7, 11) is -1.63. The van der Waals surface area contributed by atoms with E-state index in [1.807, 2.05) is 0 Å². The van der Waals surface area contributed by atoms with Gasteiger partial charge in [0.2, 0.25) is 0 Å². The lowest BCUT2D eigenvalue weighted by Gasteiger charge is -2.10. The highest BCUT2D eigenvalue weighted by molar-refractivity contribution is 7.85. The van der Waals surface area contributed by atoms with E-state index in [0.29, 0.717) is 0 Å². The summed E-state index contributed by atoms with van der Waals surface area (Å²) in [6.45, 7) is 3.54. The first-order valence-corrected chi connectivity index (χ1v) is 6.98. The molecule has 1 rings (SSSR count). The number of rotatable bonds is 6. The average molecular weight is 285 g/mol. The van der Waals surface area contributed by atoms with E-state index in [1.54, 1.807) is 19.9 Å². The maximum atomic E-state index is 12.2. The van der Waals surface area contributed by atoms with Gasteiger partial charge >= 0.3 is 5.97 Å². The minimum Gasteiger partial charge on any atom is -0.466 e. The van der Waals surface area contributed by atoms with E-state index >= 15 is 0 Å². The fourth-order valence-corrected chi connectivity index (χ4v) is 2.81. The van der Waals surface area contributed by atoms with E-state index in [1.165, 1.54) is 18.2 Å². The summed E-state index contributed by atoms with van der Waals surface area (Å²) >= 11 is 0. The molecule has 0 saturated carbocycles. The molecule has 0 spiro atoms. The first-order valence-electron chi connectivity index (χ1n) is 5.77. The zero-order valence-corrected chi connectivity index (χ0v) is 11.5. The molecule has 7 heteroatoms. The molecule has 0 aliphatic heterocycles. The molecule has 0 N–H and O–H groups in total. The predicted octanol–water partition coefficient (Wildman–Crippen LogP) is 2.04. The molecule has 0 aliphatic carbocycles. The molecule has 1 aromatic carbocycles. The number of carbonyl (C=O) groups excluding carboxylic acids is 1. The number of para-hydroxylation sites is 1. The minimum atomic E-state index is -1.63. The molecule has 0 aliphatic rings. The van der Waals surface area contributed by atoms with Crippen LogP contribution in [0.1, 0.15) is 20.3 Å². The van der Waals surface area contributed by atoms with Gasteiger partial charge in [0.15, 0.2) is 0 Å². The molecule has 0 aromatic heterocycles. The Labute approximate surface area is 113 Å². The Morgan fingerprint density at radius 1 is 1.47 bits per heavy atom. The fraction of sp³-hybridized carbons (Fsp3) is 0.417. The van der Waals surface area contributed by atoms with Crippen molar-refractivity contribution in [3.63, 3.8) is 0 Å². The average Bonchev–Trinajstić information content (AvgIpc) is 2.37. The van der Waals surface area contributed by atoms with Crippen LogP contribution in [0.15, 0.2) is 29.2 Å². The zero-order valence-electron chi connectivity index (χ0n) is 10.7. The van der Waals surface area contributed by atoms with Gasteiger partial charge in [-0.05, 0) is 19.9 Å². The molecule has 19 heavy (non-hydrogen) atoms. The van der Waals surface area contributed by atoms with Crippen LogP contribution in [0.3, 0.4) is 0 Å². The van der Waals surface area contributed by atoms with Crippen molar-refractivity contribution in [2.45, 2.75) is 30.4 Å². The lowest BCUT2D eigenvalue weighted by Crippen LogP contribution is -2.18. The van der Waals surface area contributed by atoms with Crippen molar-refractivity contribution in [3.05, 3.63) is 34.4 Å². The molecule has 2 atom stereocenters. The largest absolute Gasteiger partial charge is 0.466 e. The number of esters is 1. The van der Waals surface area contributed by atoms with Crippen LogP contribution in [-0.2, 0) is 20.3 Å². The summed E-state index contributed by atoms with van der Waals surface area (Å²) in [4.78, 5) is 21.7. The van der Waals surface area contributed by atoms with E-state index in [9.17, 15) is 19.1 Å². The molecule has 1 aromatic rings. The standard InChI is InChI=1S/C12H15NO5S/c1-3-18-12(14)8-9(2)19(17)11-7-5-4-6-10(11)13(15)16/h4-7,9H,3,8H2,1-2H3. The third-order valence-corrected chi connectivity index (χ3v) is 4.08. The summed E-state index contributed by atoms with van der Waals surface area (Å²) in [6.07, 6.45) is -0.0352. The normalized spacial score (nSPS) is 13.6. The Bertz CT molecular complexity index is 503. The van der Waals surface area contributed by atoms with Crippen LogP contribution >= 0.6 is 0 Å². The summed E-state index contributed by atoms with van der Waals surface area (Å²) < 4.78 is 17.0. The highest BCUT2D eigenvalue weighted by Crippen LogP contribution is 2.24. The first-order chi connectivity index (χ1) is 8.97. The maximum absolute atomic E-state index is 12.2. The molecule has 0 heterocycles. The Balaban J connectivity index is 2.88. The molecule has 0 bridgehead atoms. The van der Waals surface area contributed by atoms with Gasteiger partial charge in [-0.25, -0.2) is 0 Å². The number of hydrogen-bond acceptors (Lipinski definition) is 5. The van der Waals surface area contributed by atoms with Crippen LogP contribution in [0, 0.1) is 10.1 Å². The van der Waals surface area contributed by atoms with E-state index in [4.69, 9.17) is 4.74 Å². The zero-order chi connectivity index (χ0) is 14.4. The van der Waals surface area contributed by atoms with Gasteiger partial charge in [0.25, 0.3) is 5.69 Å². The van der Waals surface area contributed by atoms with Gasteiger partial charge in [-0.3, -0.25) is 19.1 Å². The van der Waals surface area contributed by atoms with Gasteiger partial charge in [-0.2, -0.15) is 0 Å². The number of hydrogen-bond donors (Lipinski definition) is 0. The number of nitro groups is 1. The Kier molecular flexibility index (Phi) is 5.62. The van der Waals surface area contributed by atoms with E-state index in [2.05, 4.69) is 0 Å². The first kappa shape index (κ1) is 15.3. The van der Waals surface area contributed by atoms with Gasteiger partial charge < -0.3 is 4.74 Å².